The first-order chi connectivity index (χ1) is 14.5. The molecule has 2 unspecified atom stereocenters. The molecule has 4 rings (SSSR count). The number of aliphatic hydroxyl groups is 3. The van der Waals surface area contributed by atoms with Crippen molar-refractivity contribution in [2.75, 3.05) is 5.32 Å². The second-order valence-corrected chi connectivity index (χ2v) is 8.62. The molecular weight excluding hydrogens is 422 g/mol. The number of hydrogen-bond donors (Lipinski definition) is 6. The first kappa shape index (κ1) is 21.0. The Bertz CT molecular complexity index is 1150. The molecule has 162 valence electrons. The maximum Gasteiger partial charge on any atom is 0.255 e. The van der Waals surface area contributed by atoms with Crippen molar-refractivity contribution in [1.82, 2.24) is 0 Å². The van der Waals surface area contributed by atoms with Crippen molar-refractivity contribution in [3.8, 4) is 0 Å². The Morgan fingerprint density at radius 3 is 2.52 bits per heavy atom. The minimum absolute atomic E-state index is 0.0348. The van der Waals surface area contributed by atoms with Crippen LogP contribution in [-0.4, -0.2) is 43.5 Å². The summed E-state index contributed by atoms with van der Waals surface area (Å²) in [5.74, 6) is -5.69. The average Bonchev–Trinajstić information content (AvgIpc) is 2.66. The van der Waals surface area contributed by atoms with E-state index >= 15 is 0 Å². The summed E-state index contributed by atoms with van der Waals surface area (Å²) in [6.45, 7) is 1.73. The summed E-state index contributed by atoms with van der Waals surface area (Å²) in [6.07, 6.45) is 0.214. The lowest BCUT2D eigenvalue weighted by Gasteiger charge is -2.45. The molecular formula is C21H21N3O6S. The van der Waals surface area contributed by atoms with Crippen LogP contribution in [0.25, 0.3) is 0 Å². The van der Waals surface area contributed by atoms with Gasteiger partial charge in [0.2, 0.25) is 5.78 Å². The molecule has 0 heterocycles. The number of fused-ring (bicyclic) bond motifs is 3. The lowest BCUT2D eigenvalue weighted by molar-refractivity contribution is -0.144. The number of nitrogens with one attached hydrogen (secondary N) is 1. The highest BCUT2D eigenvalue weighted by Crippen LogP contribution is 2.51. The van der Waals surface area contributed by atoms with Gasteiger partial charge in [-0.15, -0.1) is 0 Å². The van der Waals surface area contributed by atoms with Gasteiger partial charge >= 0.3 is 0 Å². The van der Waals surface area contributed by atoms with Gasteiger partial charge in [0, 0.05) is 29.2 Å². The van der Waals surface area contributed by atoms with E-state index in [-0.39, 0.29) is 23.5 Å². The topological polar surface area (TPSA) is 176 Å². The molecule has 3 atom stereocenters. The minimum atomic E-state index is -2.50. The first-order valence-electron chi connectivity index (χ1n) is 9.64. The fourth-order valence-electron chi connectivity index (χ4n) is 5.06. The molecule has 0 saturated heterocycles. The number of anilines is 1. The van der Waals surface area contributed by atoms with Crippen molar-refractivity contribution in [2.24, 2.45) is 23.3 Å². The number of carbonyl (C=O) groups excluding carboxylic acids is 3. The molecule has 31 heavy (non-hydrogen) atoms. The zero-order valence-electron chi connectivity index (χ0n) is 16.6. The third-order valence-corrected chi connectivity index (χ3v) is 6.54. The number of allylic oxidation sites excluding steroid dienone is 2. The molecule has 1 amide bonds. The van der Waals surface area contributed by atoms with E-state index in [1.165, 1.54) is 0 Å². The SMILES string of the molecule is Cc1ccc(NC(N)=S)c2c1C(=O)C1=C(O)[C@@]3(O)C(=O)C(C(N)=O)=C(O)CC3CC1C2. The molecule has 10 heteroatoms. The van der Waals surface area contributed by atoms with Gasteiger partial charge in [0.1, 0.15) is 17.1 Å². The number of hydrogen-bond acceptors (Lipinski definition) is 7. The molecule has 8 N–H and O–H groups in total. The zero-order valence-corrected chi connectivity index (χ0v) is 17.4. The molecule has 0 spiro atoms. The third kappa shape index (κ3) is 2.86. The van der Waals surface area contributed by atoms with Crippen molar-refractivity contribution in [3.05, 3.63) is 51.5 Å². The lowest BCUT2D eigenvalue weighted by Crippen LogP contribution is -2.57. The van der Waals surface area contributed by atoms with Crippen LogP contribution >= 0.6 is 12.2 Å². The number of thiocarbonyl (C=S) groups is 1. The van der Waals surface area contributed by atoms with Crippen molar-refractivity contribution >= 4 is 40.5 Å². The number of rotatable bonds is 2. The van der Waals surface area contributed by atoms with Crippen molar-refractivity contribution in [2.45, 2.75) is 31.8 Å². The van der Waals surface area contributed by atoms with Gasteiger partial charge in [-0.1, -0.05) is 6.07 Å². The molecule has 0 saturated carbocycles. The summed E-state index contributed by atoms with van der Waals surface area (Å²) < 4.78 is 0. The van der Waals surface area contributed by atoms with Crippen LogP contribution < -0.4 is 16.8 Å². The molecule has 0 aliphatic heterocycles. The molecule has 0 aromatic heterocycles. The van der Waals surface area contributed by atoms with Gasteiger partial charge in [0.05, 0.1) is 0 Å². The van der Waals surface area contributed by atoms with Crippen molar-refractivity contribution < 1.29 is 29.7 Å². The zero-order chi connectivity index (χ0) is 22.8. The minimum Gasteiger partial charge on any atom is -0.511 e. The number of benzene rings is 1. The highest BCUT2D eigenvalue weighted by Gasteiger charge is 2.59. The summed E-state index contributed by atoms with van der Waals surface area (Å²) in [4.78, 5) is 38.0. The fourth-order valence-corrected chi connectivity index (χ4v) is 5.17. The van der Waals surface area contributed by atoms with Crippen LogP contribution in [0, 0.1) is 18.8 Å². The Kier molecular flexibility index (Phi) is 4.67. The highest BCUT2D eigenvalue weighted by molar-refractivity contribution is 7.80. The quantitative estimate of drug-likeness (QED) is 0.286. The predicted molar refractivity (Wildman–Crippen MR) is 114 cm³/mol. The Balaban J connectivity index is 1.90. The first-order valence-corrected chi connectivity index (χ1v) is 10.1. The summed E-state index contributed by atoms with van der Waals surface area (Å²) in [6, 6.07) is 3.46. The van der Waals surface area contributed by atoms with Crippen molar-refractivity contribution in [3.63, 3.8) is 0 Å². The van der Waals surface area contributed by atoms with E-state index in [2.05, 4.69) is 5.32 Å². The van der Waals surface area contributed by atoms with Crippen LogP contribution in [0.15, 0.2) is 34.8 Å². The number of primary amides is 1. The van der Waals surface area contributed by atoms with Crippen LogP contribution in [-0.2, 0) is 16.0 Å². The lowest BCUT2D eigenvalue weighted by atomic mass is 9.60. The van der Waals surface area contributed by atoms with E-state index in [9.17, 15) is 29.7 Å². The van der Waals surface area contributed by atoms with Crippen LogP contribution in [0.1, 0.15) is 34.3 Å². The summed E-state index contributed by atoms with van der Waals surface area (Å²) in [5.41, 5.74) is 9.68. The van der Waals surface area contributed by atoms with Crippen LogP contribution in [0.2, 0.25) is 0 Å². The van der Waals surface area contributed by atoms with Gasteiger partial charge in [-0.2, -0.15) is 0 Å². The van der Waals surface area contributed by atoms with E-state index in [4.69, 9.17) is 23.7 Å². The Morgan fingerprint density at radius 2 is 1.90 bits per heavy atom. The number of aliphatic hydroxyl groups excluding tert-OH is 2. The molecule has 0 bridgehead atoms. The van der Waals surface area contributed by atoms with Gasteiger partial charge in [-0.3, -0.25) is 14.4 Å². The Labute approximate surface area is 182 Å². The molecule has 3 aliphatic carbocycles. The number of carbonyl (C=O) groups is 3. The summed E-state index contributed by atoms with van der Waals surface area (Å²) in [7, 11) is 0. The van der Waals surface area contributed by atoms with E-state index in [1.807, 2.05) is 0 Å². The second-order valence-electron chi connectivity index (χ2n) is 8.18. The van der Waals surface area contributed by atoms with Gasteiger partial charge in [0.15, 0.2) is 16.5 Å². The monoisotopic (exact) mass is 443 g/mol. The van der Waals surface area contributed by atoms with E-state index in [0.717, 1.165) is 0 Å². The number of ketones is 2. The highest BCUT2D eigenvalue weighted by atomic mass is 32.1. The smallest absolute Gasteiger partial charge is 0.255 e. The largest absolute Gasteiger partial charge is 0.511 e. The fraction of sp³-hybridized carbons (Fsp3) is 0.333. The number of amides is 1. The summed E-state index contributed by atoms with van der Waals surface area (Å²) >= 11 is 4.92. The summed E-state index contributed by atoms with van der Waals surface area (Å²) in [5, 5.41) is 35.3. The van der Waals surface area contributed by atoms with E-state index < -0.39 is 52.0 Å². The molecule has 1 aromatic carbocycles. The van der Waals surface area contributed by atoms with Crippen LogP contribution in [0.4, 0.5) is 5.69 Å². The predicted octanol–water partition coefficient (Wildman–Crippen LogP) is 0.839. The van der Waals surface area contributed by atoms with Gasteiger partial charge in [-0.25, -0.2) is 0 Å². The number of aryl methyl sites for hydroxylation is 1. The number of Topliss-reactive ketones (excluding diaryl/α,β-unsaturated/α-hetero) is 2. The number of nitrogens with two attached hydrogens (primary N) is 2. The van der Waals surface area contributed by atoms with Gasteiger partial charge in [0.25, 0.3) is 5.91 Å². The van der Waals surface area contributed by atoms with E-state index in [1.54, 1.807) is 19.1 Å². The van der Waals surface area contributed by atoms with Crippen LogP contribution in [0.5, 0.6) is 0 Å². The maximum absolute atomic E-state index is 13.4. The van der Waals surface area contributed by atoms with Crippen molar-refractivity contribution in [1.29, 1.82) is 0 Å². The molecule has 3 aliphatic rings. The van der Waals surface area contributed by atoms with Gasteiger partial charge < -0.3 is 32.1 Å². The van der Waals surface area contributed by atoms with Crippen LogP contribution in [0.3, 0.4) is 0 Å². The normalized spacial score (nSPS) is 27.4. The average molecular weight is 443 g/mol. The molecule has 0 fully saturated rings. The standard InChI is InChI=1S/C21H21N3O6S/c1-7-2-3-11(24-20(23)31)10-5-8-4-9-6-12(25)15(19(22)29)18(28)21(9,30)17(27)14(8)16(26)13(7)10/h2-3,8-9,25,27,30H,4-6H2,1H3,(H2,22,29)(H3,23,24,31)/t8?,9?,21-/m1/s1. The second kappa shape index (κ2) is 6.89. The Morgan fingerprint density at radius 1 is 1.23 bits per heavy atom. The van der Waals surface area contributed by atoms with E-state index in [0.29, 0.717) is 28.8 Å². The van der Waals surface area contributed by atoms with Gasteiger partial charge in [-0.05, 0) is 55.1 Å². The maximum atomic E-state index is 13.4. The molecule has 0 radical (unpaired) electrons. The molecule has 9 nitrogen and oxygen atoms in total. The Hall–Kier alpha value is -3.24. The third-order valence-electron chi connectivity index (χ3n) is 6.43. The molecule has 1 aromatic rings.